The van der Waals surface area contributed by atoms with E-state index in [9.17, 15) is 18.0 Å². The van der Waals surface area contributed by atoms with Gasteiger partial charge in [0.2, 0.25) is 15.9 Å². The standard InChI is InChI=1S/C16H23N3O5S2/c1-18(2)26(22,23)13-4-5-14(17-10-13)25-11-15(20)19-8-6-12(7-9-19)16(21)24-3/h4-5,10,12H,6-9,11H2,1-3H3. The van der Waals surface area contributed by atoms with Gasteiger partial charge in [0.1, 0.15) is 4.90 Å². The highest BCUT2D eigenvalue weighted by Crippen LogP contribution is 2.22. The molecule has 0 bridgehead atoms. The van der Waals surface area contributed by atoms with Crippen LogP contribution in [0.25, 0.3) is 0 Å². The van der Waals surface area contributed by atoms with Crippen molar-refractivity contribution in [2.75, 3.05) is 40.0 Å². The monoisotopic (exact) mass is 401 g/mol. The molecule has 10 heteroatoms. The van der Waals surface area contributed by atoms with Crippen LogP contribution in [-0.4, -0.2) is 74.5 Å². The summed E-state index contributed by atoms with van der Waals surface area (Å²) in [4.78, 5) is 29.8. The van der Waals surface area contributed by atoms with Crippen LogP contribution in [0.15, 0.2) is 28.3 Å². The number of sulfonamides is 1. The van der Waals surface area contributed by atoms with Crippen molar-refractivity contribution in [1.82, 2.24) is 14.2 Å². The fourth-order valence-electron chi connectivity index (χ4n) is 2.57. The van der Waals surface area contributed by atoms with Gasteiger partial charge in [-0.3, -0.25) is 9.59 Å². The molecule has 26 heavy (non-hydrogen) atoms. The maximum absolute atomic E-state index is 12.3. The van der Waals surface area contributed by atoms with Crippen molar-refractivity contribution in [1.29, 1.82) is 0 Å². The Labute approximate surface area is 157 Å². The largest absolute Gasteiger partial charge is 0.469 e. The topological polar surface area (TPSA) is 96.9 Å². The van der Waals surface area contributed by atoms with Crippen LogP contribution in [0.4, 0.5) is 0 Å². The van der Waals surface area contributed by atoms with Crippen molar-refractivity contribution < 1.29 is 22.7 Å². The molecule has 2 heterocycles. The summed E-state index contributed by atoms with van der Waals surface area (Å²) in [5.74, 6) is -0.159. The molecule has 1 aliphatic rings. The number of pyridine rings is 1. The van der Waals surface area contributed by atoms with Gasteiger partial charge in [-0.05, 0) is 25.0 Å². The lowest BCUT2D eigenvalue weighted by atomic mass is 9.97. The Morgan fingerprint density at radius 3 is 2.46 bits per heavy atom. The van der Waals surface area contributed by atoms with Gasteiger partial charge in [-0.15, -0.1) is 0 Å². The van der Waals surface area contributed by atoms with E-state index in [1.165, 1.54) is 45.2 Å². The van der Waals surface area contributed by atoms with E-state index in [1.807, 2.05) is 0 Å². The number of esters is 1. The molecule has 1 aromatic heterocycles. The summed E-state index contributed by atoms with van der Waals surface area (Å²) in [6.07, 6.45) is 2.51. The second-order valence-electron chi connectivity index (χ2n) is 6.09. The molecule has 0 saturated carbocycles. The normalized spacial score (nSPS) is 15.9. The van der Waals surface area contributed by atoms with E-state index in [0.29, 0.717) is 31.0 Å². The Morgan fingerprint density at radius 1 is 1.31 bits per heavy atom. The Kier molecular flexibility index (Phi) is 7.01. The van der Waals surface area contributed by atoms with Gasteiger partial charge in [-0.1, -0.05) is 11.8 Å². The molecular formula is C16H23N3O5S2. The van der Waals surface area contributed by atoms with E-state index >= 15 is 0 Å². The van der Waals surface area contributed by atoms with Crippen molar-refractivity contribution >= 4 is 33.7 Å². The maximum atomic E-state index is 12.3. The van der Waals surface area contributed by atoms with Gasteiger partial charge < -0.3 is 9.64 Å². The number of likely N-dealkylation sites (tertiary alicyclic amines) is 1. The third-order valence-electron chi connectivity index (χ3n) is 4.21. The van der Waals surface area contributed by atoms with E-state index in [-0.39, 0.29) is 28.4 Å². The van der Waals surface area contributed by atoms with Gasteiger partial charge >= 0.3 is 5.97 Å². The lowest BCUT2D eigenvalue weighted by Crippen LogP contribution is -2.41. The zero-order chi connectivity index (χ0) is 19.3. The summed E-state index contributed by atoms with van der Waals surface area (Å²) in [6.45, 7) is 1.07. The average molecular weight is 402 g/mol. The van der Waals surface area contributed by atoms with Crippen molar-refractivity contribution in [3.63, 3.8) is 0 Å². The summed E-state index contributed by atoms with van der Waals surface area (Å²) >= 11 is 1.26. The number of carbonyl (C=O) groups is 2. The van der Waals surface area contributed by atoms with Crippen molar-refractivity contribution in [2.45, 2.75) is 22.8 Å². The first-order chi connectivity index (χ1) is 12.3. The number of piperidine rings is 1. The minimum atomic E-state index is -3.51. The lowest BCUT2D eigenvalue weighted by Gasteiger charge is -2.30. The van der Waals surface area contributed by atoms with Crippen LogP contribution in [0.5, 0.6) is 0 Å². The molecule has 0 N–H and O–H groups in total. The summed E-state index contributed by atoms with van der Waals surface area (Å²) < 4.78 is 29.9. The fraction of sp³-hybridized carbons (Fsp3) is 0.562. The molecule has 1 amide bonds. The van der Waals surface area contributed by atoms with Crippen LogP contribution in [0.3, 0.4) is 0 Å². The zero-order valence-electron chi connectivity index (χ0n) is 15.0. The first-order valence-electron chi connectivity index (χ1n) is 8.12. The number of carbonyl (C=O) groups excluding carboxylic acids is 2. The smallest absolute Gasteiger partial charge is 0.308 e. The van der Waals surface area contributed by atoms with Gasteiger partial charge in [-0.25, -0.2) is 17.7 Å². The van der Waals surface area contributed by atoms with E-state index in [2.05, 4.69) is 4.98 Å². The van der Waals surface area contributed by atoms with E-state index in [0.717, 1.165) is 4.31 Å². The summed E-state index contributed by atoms with van der Waals surface area (Å²) in [5.41, 5.74) is 0. The second-order valence-corrected chi connectivity index (χ2v) is 9.23. The molecule has 0 radical (unpaired) electrons. The molecule has 0 unspecified atom stereocenters. The highest BCUT2D eigenvalue weighted by atomic mass is 32.2. The van der Waals surface area contributed by atoms with Crippen LogP contribution in [0.1, 0.15) is 12.8 Å². The van der Waals surface area contributed by atoms with Crippen molar-refractivity contribution in [3.8, 4) is 0 Å². The summed E-state index contributed by atoms with van der Waals surface area (Å²) in [5, 5.41) is 0.584. The molecule has 0 atom stereocenters. The van der Waals surface area contributed by atoms with Gasteiger partial charge in [0, 0.05) is 33.4 Å². The Balaban J connectivity index is 1.86. The van der Waals surface area contributed by atoms with Crippen molar-refractivity contribution in [3.05, 3.63) is 18.3 Å². The van der Waals surface area contributed by atoms with Gasteiger partial charge in [0.15, 0.2) is 0 Å². The molecular weight excluding hydrogens is 378 g/mol. The van der Waals surface area contributed by atoms with Crippen LogP contribution in [0, 0.1) is 5.92 Å². The quantitative estimate of drug-likeness (QED) is 0.515. The first kappa shape index (κ1) is 20.7. The maximum Gasteiger partial charge on any atom is 0.308 e. The van der Waals surface area contributed by atoms with E-state index < -0.39 is 10.0 Å². The number of hydrogen-bond donors (Lipinski definition) is 0. The van der Waals surface area contributed by atoms with E-state index in [1.54, 1.807) is 11.0 Å². The summed E-state index contributed by atoms with van der Waals surface area (Å²) in [6, 6.07) is 3.08. The number of hydrogen-bond acceptors (Lipinski definition) is 7. The minimum absolute atomic E-state index is 0.0231. The van der Waals surface area contributed by atoms with Crippen LogP contribution < -0.4 is 0 Å². The molecule has 8 nitrogen and oxygen atoms in total. The number of rotatable bonds is 6. The highest BCUT2D eigenvalue weighted by molar-refractivity contribution is 7.99. The Morgan fingerprint density at radius 2 is 1.96 bits per heavy atom. The number of methoxy groups -OCH3 is 1. The SMILES string of the molecule is COC(=O)C1CCN(C(=O)CSc2ccc(S(=O)(=O)N(C)C)cn2)CC1. The fourth-order valence-corrected chi connectivity index (χ4v) is 4.17. The molecule has 1 fully saturated rings. The van der Waals surface area contributed by atoms with Crippen LogP contribution in [0.2, 0.25) is 0 Å². The highest BCUT2D eigenvalue weighted by Gasteiger charge is 2.27. The number of amides is 1. The summed E-state index contributed by atoms with van der Waals surface area (Å²) in [7, 11) is 0.782. The van der Waals surface area contributed by atoms with Crippen LogP contribution in [-0.2, 0) is 24.3 Å². The third kappa shape index (κ3) is 4.95. The van der Waals surface area contributed by atoms with Gasteiger partial charge in [0.25, 0.3) is 0 Å². The van der Waals surface area contributed by atoms with Gasteiger partial charge in [-0.2, -0.15) is 0 Å². The predicted molar refractivity (Wildman–Crippen MR) is 97.2 cm³/mol. The van der Waals surface area contributed by atoms with E-state index in [4.69, 9.17) is 4.74 Å². The number of ether oxygens (including phenoxy) is 1. The molecule has 2 rings (SSSR count). The number of aromatic nitrogens is 1. The molecule has 0 spiro atoms. The Hall–Kier alpha value is -1.65. The van der Waals surface area contributed by atoms with Crippen molar-refractivity contribution in [2.24, 2.45) is 5.92 Å². The minimum Gasteiger partial charge on any atom is -0.469 e. The first-order valence-corrected chi connectivity index (χ1v) is 10.5. The predicted octanol–water partition coefficient (Wildman–Crippen LogP) is 0.836. The Bertz CT molecular complexity index is 742. The number of nitrogens with zero attached hydrogens (tertiary/aromatic N) is 3. The average Bonchev–Trinajstić information content (AvgIpc) is 2.65. The third-order valence-corrected chi connectivity index (χ3v) is 6.94. The molecule has 1 aliphatic heterocycles. The molecule has 1 aromatic rings. The number of thioether (sulfide) groups is 1. The van der Waals surface area contributed by atoms with Gasteiger partial charge in [0.05, 0.1) is 23.8 Å². The lowest BCUT2D eigenvalue weighted by molar-refractivity contribution is -0.148. The molecule has 144 valence electrons. The second kappa shape index (κ2) is 8.83. The molecule has 0 aromatic carbocycles. The molecule has 0 aliphatic carbocycles. The van der Waals surface area contributed by atoms with Crippen LogP contribution >= 0.6 is 11.8 Å². The zero-order valence-corrected chi connectivity index (χ0v) is 16.7. The molecule has 1 saturated heterocycles.